The number of urea groups is 1. The van der Waals surface area contributed by atoms with Crippen LogP contribution in [0.15, 0.2) is 24.3 Å². The van der Waals surface area contributed by atoms with E-state index in [2.05, 4.69) is 12.2 Å². The standard InChI is InChI=1S/C18H28N2O2/c1-14-8-4-6-10-16(14)19-18(21)20(3)12-13-22-17-11-7-5-9-15(17)2/h5,7,9,11,14,16H,4,6,8,10,12-13H2,1-3H3,(H,19,21)/t14-,16-/m0/s1. The summed E-state index contributed by atoms with van der Waals surface area (Å²) in [4.78, 5) is 13.9. The van der Waals surface area contributed by atoms with Crippen LogP contribution in [0.4, 0.5) is 4.79 Å². The maximum Gasteiger partial charge on any atom is 0.317 e. The summed E-state index contributed by atoms with van der Waals surface area (Å²) in [7, 11) is 1.82. The van der Waals surface area contributed by atoms with Gasteiger partial charge in [0.25, 0.3) is 0 Å². The fraction of sp³-hybridized carbons (Fsp3) is 0.611. The van der Waals surface area contributed by atoms with E-state index >= 15 is 0 Å². The lowest BCUT2D eigenvalue weighted by Crippen LogP contribution is -2.47. The first-order valence-corrected chi connectivity index (χ1v) is 8.28. The van der Waals surface area contributed by atoms with Crippen molar-refractivity contribution in [2.45, 2.75) is 45.6 Å². The van der Waals surface area contributed by atoms with E-state index in [9.17, 15) is 4.79 Å². The Hall–Kier alpha value is -1.71. The minimum absolute atomic E-state index is 0.00661. The highest BCUT2D eigenvalue weighted by Gasteiger charge is 2.23. The molecule has 0 aliphatic heterocycles. The third kappa shape index (κ3) is 4.65. The van der Waals surface area contributed by atoms with Crippen molar-refractivity contribution in [1.29, 1.82) is 0 Å². The lowest BCUT2D eigenvalue weighted by atomic mass is 9.86. The van der Waals surface area contributed by atoms with Crippen LogP contribution in [0.25, 0.3) is 0 Å². The zero-order chi connectivity index (χ0) is 15.9. The second-order valence-corrected chi connectivity index (χ2v) is 6.35. The van der Waals surface area contributed by atoms with Crippen molar-refractivity contribution in [2.75, 3.05) is 20.2 Å². The summed E-state index contributed by atoms with van der Waals surface area (Å²) >= 11 is 0. The zero-order valence-corrected chi connectivity index (χ0v) is 14.0. The number of carbonyl (C=O) groups is 1. The molecule has 1 aliphatic rings. The van der Waals surface area contributed by atoms with Crippen molar-refractivity contribution in [3.8, 4) is 5.75 Å². The Labute approximate surface area is 133 Å². The summed E-state index contributed by atoms with van der Waals surface area (Å²) in [6.45, 7) is 5.35. The highest BCUT2D eigenvalue weighted by atomic mass is 16.5. The summed E-state index contributed by atoms with van der Waals surface area (Å²) in [6, 6.07) is 8.26. The number of nitrogens with zero attached hydrogens (tertiary/aromatic N) is 1. The van der Waals surface area contributed by atoms with Crippen LogP contribution in [-0.4, -0.2) is 37.2 Å². The number of aryl methyl sites for hydroxylation is 1. The molecule has 2 rings (SSSR count). The van der Waals surface area contributed by atoms with Gasteiger partial charge in [0.1, 0.15) is 12.4 Å². The number of nitrogens with one attached hydrogen (secondary N) is 1. The number of amides is 2. The van der Waals surface area contributed by atoms with Gasteiger partial charge < -0.3 is 15.0 Å². The van der Waals surface area contributed by atoms with Crippen LogP contribution in [0.1, 0.15) is 38.2 Å². The fourth-order valence-electron chi connectivity index (χ4n) is 2.91. The normalized spacial score (nSPS) is 21.2. The Bertz CT molecular complexity index is 490. The minimum atomic E-state index is 0.00661. The van der Waals surface area contributed by atoms with Gasteiger partial charge in [-0.05, 0) is 37.3 Å². The molecule has 22 heavy (non-hydrogen) atoms. The molecular formula is C18H28N2O2. The second-order valence-electron chi connectivity index (χ2n) is 6.35. The van der Waals surface area contributed by atoms with Crippen molar-refractivity contribution in [1.82, 2.24) is 10.2 Å². The van der Waals surface area contributed by atoms with Gasteiger partial charge in [-0.1, -0.05) is 38.0 Å². The Morgan fingerprint density at radius 1 is 1.32 bits per heavy atom. The molecule has 0 unspecified atom stereocenters. The molecule has 1 saturated carbocycles. The molecule has 1 N–H and O–H groups in total. The molecule has 4 heteroatoms. The fourth-order valence-corrected chi connectivity index (χ4v) is 2.91. The van der Waals surface area contributed by atoms with Gasteiger partial charge >= 0.3 is 6.03 Å². The molecule has 0 bridgehead atoms. The Balaban J connectivity index is 1.73. The van der Waals surface area contributed by atoms with Gasteiger partial charge in [0, 0.05) is 13.1 Å². The zero-order valence-electron chi connectivity index (χ0n) is 14.0. The van der Waals surface area contributed by atoms with E-state index in [4.69, 9.17) is 4.74 Å². The lowest BCUT2D eigenvalue weighted by Gasteiger charge is -2.31. The van der Waals surface area contributed by atoms with Crippen molar-refractivity contribution in [3.05, 3.63) is 29.8 Å². The topological polar surface area (TPSA) is 41.6 Å². The number of ether oxygens (including phenoxy) is 1. The van der Waals surface area contributed by atoms with Gasteiger partial charge in [0.05, 0.1) is 6.54 Å². The molecule has 1 fully saturated rings. The van der Waals surface area contributed by atoms with Crippen LogP contribution in [0.2, 0.25) is 0 Å². The Morgan fingerprint density at radius 3 is 2.77 bits per heavy atom. The molecule has 1 aromatic carbocycles. The minimum Gasteiger partial charge on any atom is -0.491 e. The summed E-state index contributed by atoms with van der Waals surface area (Å²) in [5.74, 6) is 1.46. The number of benzene rings is 1. The molecule has 2 atom stereocenters. The number of likely N-dealkylation sites (N-methyl/N-ethyl adjacent to an activating group) is 1. The van der Waals surface area contributed by atoms with Crippen molar-refractivity contribution >= 4 is 6.03 Å². The van der Waals surface area contributed by atoms with Gasteiger partial charge in [-0.15, -0.1) is 0 Å². The van der Waals surface area contributed by atoms with Gasteiger partial charge in [-0.3, -0.25) is 0 Å². The molecule has 122 valence electrons. The van der Waals surface area contributed by atoms with E-state index < -0.39 is 0 Å². The van der Waals surface area contributed by atoms with Crippen LogP contribution in [0, 0.1) is 12.8 Å². The van der Waals surface area contributed by atoms with Crippen LogP contribution >= 0.6 is 0 Å². The molecule has 2 amide bonds. The van der Waals surface area contributed by atoms with Gasteiger partial charge in [-0.25, -0.2) is 4.79 Å². The Morgan fingerprint density at radius 2 is 2.05 bits per heavy atom. The quantitative estimate of drug-likeness (QED) is 0.903. The van der Waals surface area contributed by atoms with E-state index in [-0.39, 0.29) is 6.03 Å². The van der Waals surface area contributed by atoms with Crippen molar-refractivity contribution < 1.29 is 9.53 Å². The van der Waals surface area contributed by atoms with Crippen molar-refractivity contribution in [3.63, 3.8) is 0 Å². The maximum atomic E-state index is 12.2. The molecule has 0 spiro atoms. The monoisotopic (exact) mass is 304 g/mol. The van der Waals surface area contributed by atoms with Crippen LogP contribution < -0.4 is 10.1 Å². The smallest absolute Gasteiger partial charge is 0.317 e. The van der Waals surface area contributed by atoms with E-state index in [1.165, 1.54) is 19.3 Å². The van der Waals surface area contributed by atoms with Crippen LogP contribution in [-0.2, 0) is 0 Å². The number of hydrogen-bond acceptors (Lipinski definition) is 2. The van der Waals surface area contributed by atoms with E-state index in [1.807, 2.05) is 38.2 Å². The third-order valence-corrected chi connectivity index (χ3v) is 4.54. The summed E-state index contributed by atoms with van der Waals surface area (Å²) in [5, 5.41) is 3.16. The summed E-state index contributed by atoms with van der Waals surface area (Å²) in [5.41, 5.74) is 1.12. The number of hydrogen-bond donors (Lipinski definition) is 1. The molecule has 1 aromatic rings. The van der Waals surface area contributed by atoms with E-state index in [0.29, 0.717) is 25.1 Å². The van der Waals surface area contributed by atoms with Gasteiger partial charge in [-0.2, -0.15) is 0 Å². The average molecular weight is 304 g/mol. The third-order valence-electron chi connectivity index (χ3n) is 4.54. The summed E-state index contributed by atoms with van der Waals surface area (Å²) < 4.78 is 5.75. The van der Waals surface area contributed by atoms with Crippen molar-refractivity contribution in [2.24, 2.45) is 5.92 Å². The van der Waals surface area contributed by atoms with E-state index in [1.54, 1.807) is 4.90 Å². The second kappa shape index (κ2) is 8.06. The number of carbonyl (C=O) groups excluding carboxylic acids is 1. The first-order valence-electron chi connectivity index (χ1n) is 8.28. The van der Waals surface area contributed by atoms with Gasteiger partial charge in [0.2, 0.25) is 0 Å². The summed E-state index contributed by atoms with van der Waals surface area (Å²) in [6.07, 6.45) is 4.81. The largest absolute Gasteiger partial charge is 0.491 e. The Kier molecular flexibility index (Phi) is 6.10. The molecular weight excluding hydrogens is 276 g/mol. The van der Waals surface area contributed by atoms with E-state index in [0.717, 1.165) is 17.7 Å². The van der Waals surface area contributed by atoms with Crippen LogP contribution in [0.3, 0.4) is 0 Å². The average Bonchev–Trinajstić information content (AvgIpc) is 2.51. The van der Waals surface area contributed by atoms with Crippen LogP contribution in [0.5, 0.6) is 5.75 Å². The number of rotatable bonds is 5. The lowest BCUT2D eigenvalue weighted by molar-refractivity contribution is 0.181. The van der Waals surface area contributed by atoms with Gasteiger partial charge in [0.15, 0.2) is 0 Å². The predicted octanol–water partition coefficient (Wildman–Crippen LogP) is 3.59. The first kappa shape index (κ1) is 16.7. The number of para-hydroxylation sites is 1. The maximum absolute atomic E-state index is 12.2. The SMILES string of the molecule is Cc1ccccc1OCCN(C)C(=O)N[C@H]1CCCC[C@@H]1C. The molecule has 0 heterocycles. The molecule has 0 radical (unpaired) electrons. The molecule has 4 nitrogen and oxygen atoms in total. The highest BCUT2D eigenvalue weighted by Crippen LogP contribution is 2.23. The molecule has 0 aromatic heterocycles. The first-order chi connectivity index (χ1) is 10.6. The highest BCUT2D eigenvalue weighted by molar-refractivity contribution is 5.74. The molecule has 1 aliphatic carbocycles. The predicted molar refractivity (Wildman–Crippen MR) is 89.3 cm³/mol. The molecule has 0 saturated heterocycles.